The van der Waals surface area contributed by atoms with Crippen molar-refractivity contribution >= 4 is 22.6 Å². The van der Waals surface area contributed by atoms with Crippen molar-refractivity contribution in [2.75, 3.05) is 11.9 Å². The maximum atomic E-state index is 12.0. The van der Waals surface area contributed by atoms with E-state index >= 15 is 0 Å². The molecule has 21 heavy (non-hydrogen) atoms. The zero-order valence-electron chi connectivity index (χ0n) is 11.9. The SMILES string of the molecule is O=C(CCC1CCCCN1)Nc1ccc2[nH]c(=O)[nH]c2c1. The summed E-state index contributed by atoms with van der Waals surface area (Å²) in [7, 11) is 0. The van der Waals surface area contributed by atoms with E-state index in [1.807, 2.05) is 0 Å². The average Bonchev–Trinajstić information content (AvgIpc) is 2.85. The number of piperidine rings is 1. The predicted octanol–water partition coefficient (Wildman–Crippen LogP) is 1.72. The van der Waals surface area contributed by atoms with Crippen LogP contribution in [-0.4, -0.2) is 28.5 Å². The maximum Gasteiger partial charge on any atom is 0.323 e. The molecular formula is C15H20N4O2. The first-order valence-electron chi connectivity index (χ1n) is 7.46. The van der Waals surface area contributed by atoms with E-state index in [2.05, 4.69) is 20.6 Å². The summed E-state index contributed by atoms with van der Waals surface area (Å²) in [6.07, 6.45) is 5.02. The van der Waals surface area contributed by atoms with E-state index in [0.717, 1.165) is 24.9 Å². The molecule has 4 N–H and O–H groups in total. The molecule has 1 atom stereocenters. The molecule has 1 amide bonds. The summed E-state index contributed by atoms with van der Waals surface area (Å²) in [5, 5.41) is 6.32. The van der Waals surface area contributed by atoms with Gasteiger partial charge in [0.15, 0.2) is 0 Å². The van der Waals surface area contributed by atoms with Gasteiger partial charge < -0.3 is 20.6 Å². The van der Waals surface area contributed by atoms with Crippen LogP contribution in [-0.2, 0) is 4.79 Å². The number of rotatable bonds is 4. The normalized spacial score (nSPS) is 18.8. The second-order valence-electron chi connectivity index (χ2n) is 5.57. The van der Waals surface area contributed by atoms with Gasteiger partial charge in [-0.1, -0.05) is 6.42 Å². The molecule has 1 unspecified atom stereocenters. The Labute approximate surface area is 122 Å². The number of hydrogen-bond acceptors (Lipinski definition) is 3. The summed E-state index contributed by atoms with van der Waals surface area (Å²) < 4.78 is 0. The van der Waals surface area contributed by atoms with Crippen LogP contribution in [0.4, 0.5) is 5.69 Å². The zero-order valence-corrected chi connectivity index (χ0v) is 11.9. The Bertz CT molecular complexity index is 682. The topological polar surface area (TPSA) is 89.8 Å². The van der Waals surface area contributed by atoms with Crippen molar-refractivity contribution in [1.82, 2.24) is 15.3 Å². The molecule has 1 saturated heterocycles. The summed E-state index contributed by atoms with van der Waals surface area (Å²) >= 11 is 0. The Morgan fingerprint density at radius 1 is 1.24 bits per heavy atom. The number of carbonyl (C=O) groups is 1. The fourth-order valence-corrected chi connectivity index (χ4v) is 2.81. The average molecular weight is 288 g/mol. The molecule has 1 aromatic heterocycles. The number of benzene rings is 1. The summed E-state index contributed by atoms with van der Waals surface area (Å²) in [4.78, 5) is 28.5. The third-order valence-corrected chi connectivity index (χ3v) is 3.93. The molecule has 0 aliphatic carbocycles. The third kappa shape index (κ3) is 3.52. The molecule has 1 aliphatic rings. The van der Waals surface area contributed by atoms with Gasteiger partial charge >= 0.3 is 5.69 Å². The first kappa shape index (κ1) is 13.9. The Balaban J connectivity index is 1.56. The van der Waals surface area contributed by atoms with E-state index < -0.39 is 0 Å². The van der Waals surface area contributed by atoms with Crippen LogP contribution in [0, 0.1) is 0 Å². The molecule has 1 fully saturated rings. The lowest BCUT2D eigenvalue weighted by Crippen LogP contribution is -2.34. The van der Waals surface area contributed by atoms with E-state index in [0.29, 0.717) is 23.7 Å². The number of carbonyl (C=O) groups excluding carboxylic acids is 1. The molecule has 0 radical (unpaired) electrons. The number of imidazole rings is 1. The lowest BCUT2D eigenvalue weighted by molar-refractivity contribution is -0.116. The lowest BCUT2D eigenvalue weighted by atomic mass is 10.0. The fraction of sp³-hybridized carbons (Fsp3) is 0.467. The largest absolute Gasteiger partial charge is 0.326 e. The molecule has 0 spiro atoms. The van der Waals surface area contributed by atoms with E-state index in [4.69, 9.17) is 0 Å². The van der Waals surface area contributed by atoms with Gasteiger partial charge in [-0.05, 0) is 44.0 Å². The number of aromatic nitrogens is 2. The van der Waals surface area contributed by atoms with Crippen LogP contribution in [0.15, 0.2) is 23.0 Å². The van der Waals surface area contributed by atoms with Crippen molar-refractivity contribution in [3.05, 3.63) is 28.7 Å². The molecule has 1 aromatic carbocycles. The molecule has 3 rings (SSSR count). The zero-order chi connectivity index (χ0) is 14.7. The van der Waals surface area contributed by atoms with Gasteiger partial charge in [-0.2, -0.15) is 0 Å². The van der Waals surface area contributed by atoms with E-state index in [9.17, 15) is 9.59 Å². The molecule has 6 nitrogen and oxygen atoms in total. The Hall–Kier alpha value is -2.08. The van der Waals surface area contributed by atoms with Crippen molar-refractivity contribution in [3.8, 4) is 0 Å². The Morgan fingerprint density at radius 2 is 2.10 bits per heavy atom. The molecule has 2 aromatic rings. The minimum atomic E-state index is -0.239. The fourth-order valence-electron chi connectivity index (χ4n) is 2.81. The Kier molecular flexibility index (Phi) is 4.06. The number of nitrogens with one attached hydrogen (secondary N) is 4. The van der Waals surface area contributed by atoms with Gasteiger partial charge in [0, 0.05) is 18.2 Å². The van der Waals surface area contributed by atoms with Crippen LogP contribution in [0.2, 0.25) is 0 Å². The maximum absolute atomic E-state index is 12.0. The Morgan fingerprint density at radius 3 is 2.90 bits per heavy atom. The van der Waals surface area contributed by atoms with Crippen molar-refractivity contribution in [3.63, 3.8) is 0 Å². The van der Waals surface area contributed by atoms with Gasteiger partial charge in [-0.15, -0.1) is 0 Å². The highest BCUT2D eigenvalue weighted by molar-refractivity contribution is 5.92. The summed E-state index contributed by atoms with van der Waals surface area (Å²) in [5.74, 6) is 0.0135. The standard InChI is InChI=1S/C15H20N4O2/c20-14(7-5-10-3-1-2-8-16-10)17-11-4-6-12-13(9-11)19-15(21)18-12/h4,6,9-10,16H,1-3,5,7-8H2,(H,17,20)(H2,18,19,21). The van der Waals surface area contributed by atoms with Crippen LogP contribution >= 0.6 is 0 Å². The number of H-pyrrole nitrogens is 2. The molecule has 112 valence electrons. The van der Waals surface area contributed by atoms with Gasteiger partial charge in [0.25, 0.3) is 0 Å². The lowest BCUT2D eigenvalue weighted by Gasteiger charge is -2.23. The minimum Gasteiger partial charge on any atom is -0.326 e. The first-order chi connectivity index (χ1) is 10.2. The summed E-state index contributed by atoms with van der Waals surface area (Å²) in [6.45, 7) is 1.06. The van der Waals surface area contributed by atoms with Crippen LogP contribution in [0.3, 0.4) is 0 Å². The molecule has 2 heterocycles. The predicted molar refractivity (Wildman–Crippen MR) is 82.4 cm³/mol. The second-order valence-corrected chi connectivity index (χ2v) is 5.57. The van der Waals surface area contributed by atoms with Gasteiger partial charge in [0.2, 0.25) is 5.91 Å². The van der Waals surface area contributed by atoms with Crippen molar-refractivity contribution in [2.45, 2.75) is 38.1 Å². The number of fused-ring (bicyclic) bond motifs is 1. The highest BCUT2D eigenvalue weighted by Crippen LogP contribution is 2.16. The van der Waals surface area contributed by atoms with E-state index in [1.54, 1.807) is 18.2 Å². The number of amides is 1. The van der Waals surface area contributed by atoms with Crippen LogP contribution in [0.5, 0.6) is 0 Å². The van der Waals surface area contributed by atoms with Gasteiger partial charge in [0.05, 0.1) is 11.0 Å². The number of anilines is 1. The highest BCUT2D eigenvalue weighted by atomic mass is 16.1. The van der Waals surface area contributed by atoms with Crippen LogP contribution < -0.4 is 16.3 Å². The molecule has 1 aliphatic heterocycles. The second kappa shape index (κ2) is 6.13. The van der Waals surface area contributed by atoms with Crippen molar-refractivity contribution in [2.24, 2.45) is 0 Å². The smallest absolute Gasteiger partial charge is 0.323 e. The highest BCUT2D eigenvalue weighted by Gasteiger charge is 2.14. The first-order valence-corrected chi connectivity index (χ1v) is 7.46. The van der Waals surface area contributed by atoms with Crippen molar-refractivity contribution < 1.29 is 4.79 Å². The summed E-state index contributed by atoms with van der Waals surface area (Å²) in [5.41, 5.74) is 1.91. The van der Waals surface area contributed by atoms with Gasteiger partial charge in [0.1, 0.15) is 0 Å². The third-order valence-electron chi connectivity index (χ3n) is 3.93. The molecular weight excluding hydrogens is 268 g/mol. The van der Waals surface area contributed by atoms with E-state index in [1.165, 1.54) is 12.8 Å². The van der Waals surface area contributed by atoms with Crippen molar-refractivity contribution in [1.29, 1.82) is 0 Å². The molecule has 6 heteroatoms. The molecule has 0 saturated carbocycles. The monoisotopic (exact) mass is 288 g/mol. The van der Waals surface area contributed by atoms with Gasteiger partial charge in [-0.25, -0.2) is 4.79 Å². The van der Waals surface area contributed by atoms with Crippen LogP contribution in [0.1, 0.15) is 32.1 Å². The quantitative estimate of drug-likeness (QED) is 0.690. The number of hydrogen-bond donors (Lipinski definition) is 4. The number of aromatic amines is 2. The van der Waals surface area contributed by atoms with E-state index in [-0.39, 0.29) is 11.6 Å². The minimum absolute atomic E-state index is 0.0135. The van der Waals surface area contributed by atoms with Crippen LogP contribution in [0.25, 0.3) is 11.0 Å². The molecule has 0 bridgehead atoms. The summed E-state index contributed by atoms with van der Waals surface area (Å²) in [6, 6.07) is 5.81. The van der Waals surface area contributed by atoms with Gasteiger partial charge in [-0.3, -0.25) is 4.79 Å².